The summed E-state index contributed by atoms with van der Waals surface area (Å²) in [6.07, 6.45) is -4.71. The number of halogens is 5. The highest BCUT2D eigenvalue weighted by Gasteiger charge is 2.36. The van der Waals surface area contributed by atoms with Crippen molar-refractivity contribution in [3.63, 3.8) is 0 Å². The van der Waals surface area contributed by atoms with Crippen molar-refractivity contribution in [2.75, 3.05) is 0 Å². The minimum atomic E-state index is -4.71. The van der Waals surface area contributed by atoms with E-state index < -0.39 is 29.0 Å². The molecule has 0 aliphatic heterocycles. The van der Waals surface area contributed by atoms with E-state index in [0.717, 1.165) is 25.2 Å². The van der Waals surface area contributed by atoms with Gasteiger partial charge in [-0.05, 0) is 30.7 Å². The number of phenols is 1. The molecule has 0 aliphatic carbocycles. The molecular formula is C14H10ClF4NO2. The normalized spacial score (nSPS) is 11.8. The number of rotatable bonds is 1. The first-order valence-electron chi connectivity index (χ1n) is 6.00. The number of benzene rings is 1. The number of aryl methyl sites for hydroxylation is 1. The number of alkyl halides is 3. The van der Waals surface area contributed by atoms with Crippen LogP contribution >= 0.6 is 11.6 Å². The van der Waals surface area contributed by atoms with Gasteiger partial charge in [-0.15, -0.1) is 0 Å². The smallest absolute Gasteiger partial charge is 0.431 e. The molecule has 0 spiro atoms. The van der Waals surface area contributed by atoms with Gasteiger partial charge in [0.15, 0.2) is 0 Å². The Balaban J connectivity index is 2.80. The molecule has 1 heterocycles. The van der Waals surface area contributed by atoms with Crippen LogP contribution < -0.4 is 5.56 Å². The van der Waals surface area contributed by atoms with E-state index in [9.17, 15) is 27.5 Å². The van der Waals surface area contributed by atoms with E-state index >= 15 is 0 Å². The third-order valence-corrected chi connectivity index (χ3v) is 3.50. The summed E-state index contributed by atoms with van der Waals surface area (Å²) in [6, 6.07) is 2.64. The van der Waals surface area contributed by atoms with E-state index in [0.29, 0.717) is 4.57 Å². The maximum absolute atomic E-state index is 13.9. The highest BCUT2D eigenvalue weighted by atomic mass is 35.5. The van der Waals surface area contributed by atoms with Gasteiger partial charge in [-0.3, -0.25) is 4.79 Å². The van der Waals surface area contributed by atoms with E-state index in [1.807, 2.05) is 0 Å². The fraction of sp³-hybridized carbons (Fsp3) is 0.214. The molecule has 1 aromatic carbocycles. The molecule has 0 fully saturated rings. The molecule has 2 rings (SSSR count). The van der Waals surface area contributed by atoms with Gasteiger partial charge in [0.2, 0.25) is 0 Å². The Bertz CT molecular complexity index is 812. The Labute approximate surface area is 127 Å². The Morgan fingerprint density at radius 3 is 2.32 bits per heavy atom. The summed E-state index contributed by atoms with van der Waals surface area (Å²) >= 11 is 5.54. The molecule has 0 unspecified atom stereocenters. The summed E-state index contributed by atoms with van der Waals surface area (Å²) in [6.45, 7) is 1.17. The first-order valence-corrected chi connectivity index (χ1v) is 6.38. The Kier molecular flexibility index (Phi) is 3.95. The molecule has 1 aromatic heterocycles. The van der Waals surface area contributed by atoms with Crippen LogP contribution in [0, 0.1) is 12.7 Å². The van der Waals surface area contributed by atoms with Gasteiger partial charge in [0.1, 0.15) is 17.3 Å². The molecule has 3 nitrogen and oxygen atoms in total. The number of pyridine rings is 1. The zero-order chi connectivity index (χ0) is 16.8. The minimum Gasteiger partial charge on any atom is -0.506 e. The summed E-state index contributed by atoms with van der Waals surface area (Å²) in [7, 11) is 0.954. The van der Waals surface area contributed by atoms with E-state index in [-0.39, 0.29) is 21.7 Å². The average molecular weight is 336 g/mol. The van der Waals surface area contributed by atoms with Gasteiger partial charge in [0, 0.05) is 12.6 Å². The lowest BCUT2D eigenvalue weighted by Crippen LogP contribution is -2.28. The first-order chi connectivity index (χ1) is 10.0. The SMILES string of the molecule is Cc1cc(-c2cc(O)c(Cl)cc2F)c(=O)n(C)c1C(F)(F)F. The predicted molar refractivity (Wildman–Crippen MR) is 73.5 cm³/mol. The van der Waals surface area contributed by atoms with E-state index in [1.54, 1.807) is 0 Å². The van der Waals surface area contributed by atoms with E-state index in [1.165, 1.54) is 6.92 Å². The van der Waals surface area contributed by atoms with Crippen molar-refractivity contribution in [1.29, 1.82) is 0 Å². The van der Waals surface area contributed by atoms with Crippen molar-refractivity contribution in [3.8, 4) is 16.9 Å². The molecule has 22 heavy (non-hydrogen) atoms. The monoisotopic (exact) mass is 335 g/mol. The number of phenolic OH excluding ortho intramolecular Hbond substituents is 1. The van der Waals surface area contributed by atoms with Gasteiger partial charge in [-0.25, -0.2) is 4.39 Å². The van der Waals surface area contributed by atoms with Crippen LogP contribution in [0.15, 0.2) is 23.0 Å². The summed E-state index contributed by atoms with van der Waals surface area (Å²) in [5, 5.41) is 9.25. The Hall–Kier alpha value is -2.02. The molecule has 2 aromatic rings. The van der Waals surface area contributed by atoms with Crippen LogP contribution in [0.25, 0.3) is 11.1 Å². The Morgan fingerprint density at radius 2 is 1.77 bits per heavy atom. The molecule has 118 valence electrons. The van der Waals surface area contributed by atoms with Crippen LogP contribution in [0.2, 0.25) is 5.02 Å². The van der Waals surface area contributed by atoms with Crippen LogP contribution in [-0.2, 0) is 13.2 Å². The fourth-order valence-corrected chi connectivity index (χ4v) is 2.39. The van der Waals surface area contributed by atoms with Gasteiger partial charge >= 0.3 is 6.18 Å². The van der Waals surface area contributed by atoms with Crippen LogP contribution in [0.5, 0.6) is 5.75 Å². The largest absolute Gasteiger partial charge is 0.506 e. The van der Waals surface area contributed by atoms with Crippen LogP contribution in [-0.4, -0.2) is 9.67 Å². The summed E-state index contributed by atoms with van der Waals surface area (Å²) in [5.74, 6) is -1.39. The number of aromatic nitrogens is 1. The van der Waals surface area contributed by atoms with Crippen molar-refractivity contribution in [1.82, 2.24) is 4.57 Å². The van der Waals surface area contributed by atoms with E-state index in [2.05, 4.69) is 0 Å². The molecule has 0 saturated carbocycles. The van der Waals surface area contributed by atoms with Crippen molar-refractivity contribution in [2.45, 2.75) is 13.1 Å². The zero-order valence-corrected chi connectivity index (χ0v) is 12.2. The quantitative estimate of drug-likeness (QED) is 0.804. The molecule has 0 radical (unpaired) electrons. The summed E-state index contributed by atoms with van der Waals surface area (Å²) < 4.78 is 53.1. The van der Waals surface area contributed by atoms with Crippen molar-refractivity contribution < 1.29 is 22.7 Å². The highest BCUT2D eigenvalue weighted by molar-refractivity contribution is 6.32. The number of hydrogen-bond donors (Lipinski definition) is 1. The molecular weight excluding hydrogens is 326 g/mol. The average Bonchev–Trinajstić information content (AvgIpc) is 2.37. The molecule has 0 amide bonds. The lowest BCUT2D eigenvalue weighted by atomic mass is 10.0. The number of aromatic hydroxyl groups is 1. The maximum Gasteiger partial charge on any atom is 0.431 e. The van der Waals surface area contributed by atoms with Crippen molar-refractivity contribution >= 4 is 11.6 Å². The molecule has 8 heteroatoms. The van der Waals surface area contributed by atoms with Crippen LogP contribution in [0.1, 0.15) is 11.3 Å². The maximum atomic E-state index is 13.9. The fourth-order valence-electron chi connectivity index (χ4n) is 2.24. The lowest BCUT2D eigenvalue weighted by molar-refractivity contribution is -0.144. The minimum absolute atomic E-state index is 0.238. The highest BCUT2D eigenvalue weighted by Crippen LogP contribution is 2.34. The van der Waals surface area contributed by atoms with Gasteiger partial charge in [0.05, 0.1) is 10.6 Å². The van der Waals surface area contributed by atoms with Crippen molar-refractivity contribution in [3.05, 3.63) is 50.7 Å². The molecule has 0 atom stereocenters. The third kappa shape index (κ3) is 2.68. The second-order valence-electron chi connectivity index (χ2n) is 4.74. The number of hydrogen-bond acceptors (Lipinski definition) is 2. The Morgan fingerprint density at radius 1 is 1.18 bits per heavy atom. The zero-order valence-electron chi connectivity index (χ0n) is 11.4. The molecule has 0 saturated heterocycles. The van der Waals surface area contributed by atoms with Gasteiger partial charge < -0.3 is 9.67 Å². The second kappa shape index (κ2) is 5.31. The predicted octanol–water partition coefficient (Wildman–Crippen LogP) is 3.88. The van der Waals surface area contributed by atoms with Gasteiger partial charge in [-0.2, -0.15) is 13.2 Å². The van der Waals surface area contributed by atoms with Gasteiger partial charge in [-0.1, -0.05) is 11.6 Å². The molecule has 1 N–H and O–H groups in total. The van der Waals surface area contributed by atoms with E-state index in [4.69, 9.17) is 11.6 Å². The lowest BCUT2D eigenvalue weighted by Gasteiger charge is -2.16. The summed E-state index contributed by atoms with van der Waals surface area (Å²) in [4.78, 5) is 12.1. The summed E-state index contributed by atoms with van der Waals surface area (Å²) in [5.41, 5.74) is -2.99. The standard InChI is InChI=1S/C14H10ClF4NO2/c1-6-3-8(7-4-11(21)9(15)5-10(7)16)13(22)20(2)12(6)14(17,18)19/h3-5,21H,1-2H3. The first kappa shape index (κ1) is 16.4. The topological polar surface area (TPSA) is 42.2 Å². The number of nitrogens with zero attached hydrogens (tertiary/aromatic N) is 1. The van der Waals surface area contributed by atoms with Crippen LogP contribution in [0.3, 0.4) is 0 Å². The van der Waals surface area contributed by atoms with Crippen LogP contribution in [0.4, 0.5) is 17.6 Å². The van der Waals surface area contributed by atoms with Crippen molar-refractivity contribution in [2.24, 2.45) is 7.05 Å². The second-order valence-corrected chi connectivity index (χ2v) is 5.14. The third-order valence-electron chi connectivity index (χ3n) is 3.20. The molecule has 0 bridgehead atoms. The van der Waals surface area contributed by atoms with Gasteiger partial charge in [0.25, 0.3) is 5.56 Å². The molecule has 0 aliphatic rings.